The third kappa shape index (κ3) is 4.93. The van der Waals surface area contributed by atoms with Crippen LogP contribution in [0.5, 0.6) is 0 Å². The number of benzene rings is 2. The summed E-state index contributed by atoms with van der Waals surface area (Å²) in [7, 11) is 1.84. The molecule has 1 saturated carbocycles. The summed E-state index contributed by atoms with van der Waals surface area (Å²) < 4.78 is 6.28. The summed E-state index contributed by atoms with van der Waals surface area (Å²) in [5.74, 6) is 1.24. The molecule has 1 N–H and O–H groups in total. The molecule has 148 valence electrons. The lowest BCUT2D eigenvalue weighted by atomic mass is 9.76. The van der Waals surface area contributed by atoms with Crippen molar-refractivity contribution in [2.24, 2.45) is 11.8 Å². The number of hydrogen-bond donors (Lipinski definition) is 1. The quantitative estimate of drug-likeness (QED) is 0.586. The highest BCUT2D eigenvalue weighted by Crippen LogP contribution is 2.40. The predicted octanol–water partition coefficient (Wildman–Crippen LogP) is 5.80. The van der Waals surface area contributed by atoms with Gasteiger partial charge in [0, 0.05) is 25.6 Å². The van der Waals surface area contributed by atoms with E-state index in [1.807, 2.05) is 7.11 Å². The van der Waals surface area contributed by atoms with E-state index in [1.54, 1.807) is 0 Å². The van der Waals surface area contributed by atoms with Crippen LogP contribution in [-0.2, 0) is 10.3 Å². The summed E-state index contributed by atoms with van der Waals surface area (Å²) in [6, 6.07) is 21.8. The van der Waals surface area contributed by atoms with Crippen molar-refractivity contribution in [3.63, 3.8) is 0 Å². The molecule has 27 heavy (non-hydrogen) atoms. The Morgan fingerprint density at radius 2 is 1.48 bits per heavy atom. The highest BCUT2D eigenvalue weighted by atomic mass is 35.5. The topological polar surface area (TPSA) is 21.3 Å². The average Bonchev–Trinajstić information content (AvgIpc) is 2.66. The van der Waals surface area contributed by atoms with E-state index in [-0.39, 0.29) is 12.4 Å². The van der Waals surface area contributed by atoms with Gasteiger partial charge < -0.3 is 10.1 Å². The summed E-state index contributed by atoms with van der Waals surface area (Å²) in [4.78, 5) is 0. The number of methoxy groups -OCH3 is 1. The molecule has 2 aromatic rings. The van der Waals surface area contributed by atoms with E-state index in [4.69, 9.17) is 4.74 Å². The first-order chi connectivity index (χ1) is 12.7. The summed E-state index contributed by atoms with van der Waals surface area (Å²) in [5.41, 5.74) is 2.00. The Morgan fingerprint density at radius 3 is 1.89 bits per heavy atom. The first-order valence-corrected chi connectivity index (χ1v) is 10.1. The van der Waals surface area contributed by atoms with Crippen molar-refractivity contribution in [2.45, 2.75) is 51.2 Å². The molecule has 2 atom stereocenters. The molecule has 1 fully saturated rings. The Kier molecular flexibility index (Phi) is 8.34. The monoisotopic (exact) mass is 387 g/mol. The molecular weight excluding hydrogens is 354 g/mol. The molecule has 1 aliphatic rings. The highest BCUT2D eigenvalue weighted by molar-refractivity contribution is 5.85. The second kappa shape index (κ2) is 10.3. The first-order valence-electron chi connectivity index (χ1n) is 10.1. The fraction of sp³-hybridized carbons (Fsp3) is 0.500. The molecule has 0 aliphatic heterocycles. The number of ether oxygens (including phenoxy) is 1. The van der Waals surface area contributed by atoms with E-state index in [0.29, 0.717) is 12.0 Å². The van der Waals surface area contributed by atoms with Gasteiger partial charge in [-0.1, -0.05) is 86.8 Å². The second-order valence-corrected chi connectivity index (χ2v) is 7.91. The third-order valence-corrected chi connectivity index (χ3v) is 6.11. The number of nitrogens with one attached hydrogen (secondary N) is 1. The molecule has 2 unspecified atom stereocenters. The maximum Gasteiger partial charge on any atom is 0.121 e. The molecule has 0 saturated heterocycles. The summed E-state index contributed by atoms with van der Waals surface area (Å²) in [6.07, 6.45) is 5.54. The zero-order valence-corrected chi connectivity index (χ0v) is 17.7. The van der Waals surface area contributed by atoms with Gasteiger partial charge in [0.25, 0.3) is 0 Å². The minimum absolute atomic E-state index is 0. The van der Waals surface area contributed by atoms with E-state index in [1.165, 1.54) is 36.8 Å². The van der Waals surface area contributed by atoms with E-state index in [9.17, 15) is 0 Å². The Bertz CT molecular complexity index is 617. The van der Waals surface area contributed by atoms with Crippen molar-refractivity contribution < 1.29 is 4.74 Å². The van der Waals surface area contributed by atoms with Crippen LogP contribution in [-0.4, -0.2) is 19.7 Å². The van der Waals surface area contributed by atoms with Crippen molar-refractivity contribution in [3.05, 3.63) is 71.8 Å². The lowest BCUT2D eigenvalue weighted by Crippen LogP contribution is -2.44. The summed E-state index contributed by atoms with van der Waals surface area (Å²) >= 11 is 0. The van der Waals surface area contributed by atoms with Crippen LogP contribution in [0.15, 0.2) is 60.7 Å². The third-order valence-electron chi connectivity index (χ3n) is 6.11. The van der Waals surface area contributed by atoms with Crippen LogP contribution >= 0.6 is 12.4 Å². The van der Waals surface area contributed by atoms with Crippen LogP contribution in [0, 0.1) is 11.8 Å². The molecular formula is C24H34ClNO. The number of hydrogen-bond acceptors (Lipinski definition) is 2. The van der Waals surface area contributed by atoms with Gasteiger partial charge in [-0.05, 0) is 30.4 Å². The number of halogens is 1. The fourth-order valence-corrected chi connectivity index (χ4v) is 4.38. The van der Waals surface area contributed by atoms with Crippen molar-refractivity contribution in [2.75, 3.05) is 13.7 Å². The molecule has 3 heteroatoms. The van der Waals surface area contributed by atoms with Crippen molar-refractivity contribution in [3.8, 4) is 0 Å². The van der Waals surface area contributed by atoms with Crippen molar-refractivity contribution >= 4 is 12.4 Å². The van der Waals surface area contributed by atoms with Crippen LogP contribution in [0.4, 0.5) is 0 Å². The van der Waals surface area contributed by atoms with Gasteiger partial charge in [0.1, 0.15) is 5.60 Å². The molecule has 0 radical (unpaired) electrons. The van der Waals surface area contributed by atoms with E-state index in [0.717, 1.165) is 12.5 Å². The molecule has 1 aliphatic carbocycles. The van der Waals surface area contributed by atoms with Gasteiger partial charge in [-0.2, -0.15) is 0 Å². The molecule has 3 rings (SSSR count). The van der Waals surface area contributed by atoms with Gasteiger partial charge >= 0.3 is 0 Å². The lowest BCUT2D eigenvalue weighted by Gasteiger charge is -2.40. The van der Waals surface area contributed by atoms with Gasteiger partial charge in [0.2, 0.25) is 0 Å². The minimum Gasteiger partial charge on any atom is -0.368 e. The van der Waals surface area contributed by atoms with E-state index >= 15 is 0 Å². The number of rotatable bonds is 9. The average molecular weight is 388 g/mol. The Hall–Kier alpha value is -1.35. The molecule has 0 bridgehead atoms. The van der Waals surface area contributed by atoms with Crippen molar-refractivity contribution in [1.29, 1.82) is 0 Å². The maximum absolute atomic E-state index is 6.28. The Morgan fingerprint density at radius 1 is 0.963 bits per heavy atom. The highest BCUT2D eigenvalue weighted by Gasteiger charge is 2.40. The molecule has 0 amide bonds. The van der Waals surface area contributed by atoms with Crippen LogP contribution in [0.3, 0.4) is 0 Å². The molecule has 2 aromatic carbocycles. The summed E-state index contributed by atoms with van der Waals surface area (Å²) in [5, 5.41) is 3.78. The fourth-order valence-electron chi connectivity index (χ4n) is 4.38. The van der Waals surface area contributed by atoms with Gasteiger partial charge in [0.15, 0.2) is 0 Å². The zero-order chi connectivity index (χ0) is 18.4. The van der Waals surface area contributed by atoms with Crippen LogP contribution in [0.25, 0.3) is 0 Å². The molecule has 0 aromatic heterocycles. The van der Waals surface area contributed by atoms with Gasteiger partial charge in [-0.15, -0.1) is 12.4 Å². The predicted molar refractivity (Wildman–Crippen MR) is 117 cm³/mol. The normalized spacial score (nSPS) is 16.9. The Balaban J connectivity index is 0.00000261. The Labute approximate surface area is 171 Å². The molecule has 0 spiro atoms. The molecule has 2 nitrogen and oxygen atoms in total. The van der Waals surface area contributed by atoms with E-state index in [2.05, 4.69) is 79.8 Å². The van der Waals surface area contributed by atoms with Crippen molar-refractivity contribution in [1.82, 2.24) is 5.32 Å². The summed E-state index contributed by atoms with van der Waals surface area (Å²) in [6.45, 7) is 5.56. The van der Waals surface area contributed by atoms with Gasteiger partial charge in [-0.3, -0.25) is 0 Å². The van der Waals surface area contributed by atoms with E-state index < -0.39 is 5.60 Å². The lowest BCUT2D eigenvalue weighted by molar-refractivity contribution is -0.0239. The zero-order valence-electron chi connectivity index (χ0n) is 16.9. The maximum atomic E-state index is 6.28. The largest absolute Gasteiger partial charge is 0.368 e. The van der Waals surface area contributed by atoms with Crippen LogP contribution in [0.1, 0.15) is 50.7 Å². The van der Waals surface area contributed by atoms with Gasteiger partial charge in [-0.25, -0.2) is 0 Å². The van der Waals surface area contributed by atoms with Gasteiger partial charge in [0.05, 0.1) is 0 Å². The van der Waals surface area contributed by atoms with Crippen LogP contribution < -0.4 is 5.32 Å². The molecule has 0 heterocycles. The smallest absolute Gasteiger partial charge is 0.121 e. The second-order valence-electron chi connectivity index (χ2n) is 7.91. The minimum atomic E-state index is -0.439. The first kappa shape index (κ1) is 21.9. The SMILES string of the molecule is COC(c1ccccc1)(c1ccccc1)C(C)CNC(C)CC1CCC1.Cl. The van der Waals surface area contributed by atoms with Crippen LogP contribution in [0.2, 0.25) is 0 Å². The standard InChI is InChI=1S/C24H33NO.ClH/c1-19(18-25-20(2)17-21-11-10-12-21)24(26-3,22-13-6-4-7-14-22)23-15-8-5-9-16-23;/h4-9,13-16,19-21,25H,10-12,17-18H2,1-3H3;1H.